The Labute approximate surface area is 107 Å². The smallest absolute Gasteiger partial charge is 0.304 e. The molecule has 2 rings (SSSR count). The lowest BCUT2D eigenvalue weighted by Crippen LogP contribution is -2.24. The zero-order chi connectivity index (χ0) is 13.3. The second-order valence-corrected chi connectivity index (χ2v) is 5.75. The Bertz CT molecular complexity index is 475. The molecule has 0 fully saturated rings. The first-order valence-corrected chi connectivity index (χ1v) is 6.48. The third-order valence-electron chi connectivity index (χ3n) is 3.83. The molecule has 0 heterocycles. The summed E-state index contributed by atoms with van der Waals surface area (Å²) in [5, 5.41) is 18.9. The monoisotopic (exact) mass is 248 g/mol. The van der Waals surface area contributed by atoms with Crippen molar-refractivity contribution in [1.82, 2.24) is 0 Å². The quantitative estimate of drug-likeness (QED) is 0.864. The molecule has 0 atom stereocenters. The number of aliphatic carboxylic acids is 1. The van der Waals surface area contributed by atoms with Gasteiger partial charge in [0, 0.05) is 5.41 Å². The zero-order valence-electron chi connectivity index (χ0n) is 11.0. The minimum Gasteiger partial charge on any atom is -0.508 e. The summed E-state index contributed by atoms with van der Waals surface area (Å²) in [6.45, 7) is 3.92. The maximum absolute atomic E-state index is 11.0. The number of hydrogen-bond acceptors (Lipinski definition) is 2. The molecule has 1 aromatic rings. The van der Waals surface area contributed by atoms with Gasteiger partial charge in [-0.05, 0) is 48.4 Å². The molecule has 0 amide bonds. The van der Waals surface area contributed by atoms with Crippen molar-refractivity contribution in [2.75, 3.05) is 0 Å². The minimum atomic E-state index is -0.780. The number of hydrogen-bond donors (Lipinski definition) is 2. The van der Waals surface area contributed by atoms with Crippen molar-refractivity contribution in [3.63, 3.8) is 0 Å². The highest BCUT2D eigenvalue weighted by atomic mass is 16.4. The molecule has 0 unspecified atom stereocenters. The van der Waals surface area contributed by atoms with Crippen LogP contribution in [0.5, 0.6) is 5.75 Å². The standard InChI is InChI=1S/C15H20O3/c1-15(2,9-14(17)18)12-7-8-13(16)11-6-4-3-5-10(11)12/h7-8,16H,3-6,9H2,1-2H3,(H,17,18). The summed E-state index contributed by atoms with van der Waals surface area (Å²) in [5.74, 6) is -0.419. The van der Waals surface area contributed by atoms with E-state index in [9.17, 15) is 9.90 Å². The maximum atomic E-state index is 11.0. The molecule has 1 aromatic carbocycles. The highest BCUT2D eigenvalue weighted by molar-refractivity contribution is 5.69. The summed E-state index contributed by atoms with van der Waals surface area (Å²) in [7, 11) is 0. The third-order valence-corrected chi connectivity index (χ3v) is 3.83. The van der Waals surface area contributed by atoms with Crippen molar-refractivity contribution in [3.8, 4) is 5.75 Å². The third kappa shape index (κ3) is 2.35. The molecular weight excluding hydrogens is 228 g/mol. The summed E-state index contributed by atoms with van der Waals surface area (Å²) < 4.78 is 0. The molecule has 0 saturated carbocycles. The summed E-state index contributed by atoms with van der Waals surface area (Å²) in [6.07, 6.45) is 4.18. The average Bonchev–Trinajstić information content (AvgIpc) is 2.27. The van der Waals surface area contributed by atoms with Gasteiger partial charge in [-0.1, -0.05) is 19.9 Å². The first-order chi connectivity index (χ1) is 8.42. The van der Waals surface area contributed by atoms with Gasteiger partial charge >= 0.3 is 5.97 Å². The van der Waals surface area contributed by atoms with Crippen LogP contribution in [-0.2, 0) is 23.1 Å². The highest BCUT2D eigenvalue weighted by Crippen LogP contribution is 2.38. The summed E-state index contributed by atoms with van der Waals surface area (Å²) >= 11 is 0. The van der Waals surface area contributed by atoms with Crippen molar-refractivity contribution in [2.45, 2.75) is 51.4 Å². The van der Waals surface area contributed by atoms with E-state index in [0.29, 0.717) is 5.75 Å². The fourth-order valence-electron chi connectivity index (χ4n) is 2.96. The maximum Gasteiger partial charge on any atom is 0.304 e. The topological polar surface area (TPSA) is 57.5 Å². The molecule has 0 radical (unpaired) electrons. The van der Waals surface area contributed by atoms with Crippen LogP contribution >= 0.6 is 0 Å². The SMILES string of the molecule is CC(C)(CC(=O)O)c1ccc(O)c2c1CCCC2. The van der Waals surface area contributed by atoms with Crippen LogP contribution in [0.1, 0.15) is 49.8 Å². The summed E-state index contributed by atoms with van der Waals surface area (Å²) in [4.78, 5) is 11.0. The van der Waals surface area contributed by atoms with Crippen LogP contribution in [-0.4, -0.2) is 16.2 Å². The lowest BCUT2D eigenvalue weighted by Gasteiger charge is -2.30. The summed E-state index contributed by atoms with van der Waals surface area (Å²) in [5.41, 5.74) is 2.89. The van der Waals surface area contributed by atoms with Gasteiger partial charge in [0.15, 0.2) is 0 Å². The fraction of sp³-hybridized carbons (Fsp3) is 0.533. The molecule has 2 N–H and O–H groups in total. The van der Waals surface area contributed by atoms with E-state index in [4.69, 9.17) is 5.11 Å². The lowest BCUT2D eigenvalue weighted by atomic mass is 9.75. The number of phenolic OH excluding ortho intramolecular Hbond substituents is 1. The fourth-order valence-corrected chi connectivity index (χ4v) is 2.96. The first kappa shape index (κ1) is 12.9. The predicted octanol–water partition coefficient (Wildman–Crippen LogP) is 3.02. The van der Waals surface area contributed by atoms with Gasteiger partial charge in [0.2, 0.25) is 0 Å². The average molecular weight is 248 g/mol. The van der Waals surface area contributed by atoms with Gasteiger partial charge < -0.3 is 10.2 Å². The highest BCUT2D eigenvalue weighted by Gasteiger charge is 2.29. The Hall–Kier alpha value is -1.51. The second kappa shape index (κ2) is 4.63. The van der Waals surface area contributed by atoms with Crippen LogP contribution in [0.15, 0.2) is 12.1 Å². The van der Waals surface area contributed by atoms with E-state index in [1.807, 2.05) is 19.9 Å². The Morgan fingerprint density at radius 2 is 1.83 bits per heavy atom. The number of carboxylic acids is 1. The van der Waals surface area contributed by atoms with Crippen LogP contribution in [0.4, 0.5) is 0 Å². The lowest BCUT2D eigenvalue weighted by molar-refractivity contribution is -0.138. The molecule has 0 bridgehead atoms. The van der Waals surface area contributed by atoms with E-state index in [1.165, 1.54) is 5.56 Å². The van der Waals surface area contributed by atoms with E-state index >= 15 is 0 Å². The zero-order valence-corrected chi connectivity index (χ0v) is 11.0. The van der Waals surface area contributed by atoms with Gasteiger partial charge in [-0.15, -0.1) is 0 Å². The van der Waals surface area contributed by atoms with Gasteiger partial charge in [-0.2, -0.15) is 0 Å². The molecular formula is C15H20O3. The van der Waals surface area contributed by atoms with Crippen LogP contribution in [0.25, 0.3) is 0 Å². The Kier molecular flexibility index (Phi) is 3.33. The number of carboxylic acid groups (broad SMARTS) is 1. The van der Waals surface area contributed by atoms with Crippen molar-refractivity contribution >= 4 is 5.97 Å². The number of fused-ring (bicyclic) bond motifs is 1. The molecule has 0 saturated heterocycles. The normalized spacial score (nSPS) is 15.2. The van der Waals surface area contributed by atoms with Crippen LogP contribution in [0.3, 0.4) is 0 Å². The first-order valence-electron chi connectivity index (χ1n) is 6.48. The largest absolute Gasteiger partial charge is 0.508 e. The summed E-state index contributed by atoms with van der Waals surface area (Å²) in [6, 6.07) is 3.60. The predicted molar refractivity (Wildman–Crippen MR) is 70.0 cm³/mol. The second-order valence-electron chi connectivity index (χ2n) is 5.75. The minimum absolute atomic E-state index is 0.115. The molecule has 1 aliphatic rings. The van der Waals surface area contributed by atoms with Gasteiger partial charge in [0.25, 0.3) is 0 Å². The molecule has 3 heteroatoms. The van der Waals surface area contributed by atoms with Gasteiger partial charge in [-0.3, -0.25) is 4.79 Å². The number of phenols is 1. The Balaban J connectivity index is 2.48. The molecule has 0 aliphatic heterocycles. The molecule has 18 heavy (non-hydrogen) atoms. The van der Waals surface area contributed by atoms with E-state index in [-0.39, 0.29) is 11.8 Å². The molecule has 0 spiro atoms. The molecule has 0 aromatic heterocycles. The molecule has 98 valence electrons. The molecule has 3 nitrogen and oxygen atoms in total. The van der Waals surface area contributed by atoms with Gasteiger partial charge in [0.05, 0.1) is 6.42 Å². The van der Waals surface area contributed by atoms with E-state index in [2.05, 4.69) is 0 Å². The molecule has 1 aliphatic carbocycles. The van der Waals surface area contributed by atoms with Gasteiger partial charge in [0.1, 0.15) is 5.75 Å². The van der Waals surface area contributed by atoms with Crippen molar-refractivity contribution in [1.29, 1.82) is 0 Å². The number of benzene rings is 1. The van der Waals surface area contributed by atoms with Crippen molar-refractivity contribution < 1.29 is 15.0 Å². The van der Waals surface area contributed by atoms with E-state index in [1.54, 1.807) is 6.07 Å². The van der Waals surface area contributed by atoms with E-state index < -0.39 is 5.97 Å². The van der Waals surface area contributed by atoms with Gasteiger partial charge in [-0.25, -0.2) is 0 Å². The van der Waals surface area contributed by atoms with E-state index in [0.717, 1.165) is 36.8 Å². The van der Waals surface area contributed by atoms with Crippen LogP contribution < -0.4 is 0 Å². The van der Waals surface area contributed by atoms with Crippen molar-refractivity contribution in [3.05, 3.63) is 28.8 Å². The number of rotatable bonds is 3. The van der Waals surface area contributed by atoms with Crippen LogP contribution in [0, 0.1) is 0 Å². The van der Waals surface area contributed by atoms with Crippen LogP contribution in [0.2, 0.25) is 0 Å². The number of carbonyl (C=O) groups is 1. The van der Waals surface area contributed by atoms with Crippen molar-refractivity contribution in [2.24, 2.45) is 0 Å². The number of aromatic hydroxyl groups is 1. The Morgan fingerprint density at radius 1 is 1.22 bits per heavy atom. The Morgan fingerprint density at radius 3 is 2.44 bits per heavy atom.